The molecule has 1 saturated heterocycles. The van der Waals surface area contributed by atoms with Crippen LogP contribution in [0, 0.1) is 12.8 Å². The van der Waals surface area contributed by atoms with Gasteiger partial charge in [0.25, 0.3) is 0 Å². The van der Waals surface area contributed by atoms with E-state index in [1.807, 2.05) is 37.3 Å². The molecule has 1 aliphatic heterocycles. The molecule has 2 amide bonds. The molecule has 5 heteroatoms. The van der Waals surface area contributed by atoms with E-state index < -0.39 is 0 Å². The lowest BCUT2D eigenvalue weighted by atomic mass is 9.97. The zero-order valence-electron chi connectivity index (χ0n) is 15.3. The minimum absolute atomic E-state index is 0.106. The van der Waals surface area contributed by atoms with Gasteiger partial charge in [0.2, 0.25) is 11.8 Å². The summed E-state index contributed by atoms with van der Waals surface area (Å²) in [4.78, 5) is 26.4. The average Bonchev–Trinajstić information content (AvgIpc) is 2.91. The molecular weight excluding hydrogens is 330 g/mol. The SMILES string of the molecule is COc1ccc(CN2C(=O)C[C@@H](Cc3ccc(C)cc3)C2=O)cc1OC. The lowest BCUT2D eigenvalue weighted by Crippen LogP contribution is -2.30. The fourth-order valence-corrected chi connectivity index (χ4v) is 3.25. The van der Waals surface area contributed by atoms with Crippen molar-refractivity contribution in [1.29, 1.82) is 0 Å². The number of hydrogen-bond donors (Lipinski definition) is 0. The number of amides is 2. The maximum atomic E-state index is 12.7. The third-order valence-electron chi connectivity index (χ3n) is 4.73. The van der Waals surface area contributed by atoms with Gasteiger partial charge in [-0.15, -0.1) is 0 Å². The Balaban J connectivity index is 1.72. The zero-order chi connectivity index (χ0) is 18.7. The highest BCUT2D eigenvalue weighted by atomic mass is 16.5. The summed E-state index contributed by atoms with van der Waals surface area (Å²) < 4.78 is 10.5. The molecule has 5 nitrogen and oxygen atoms in total. The number of rotatable bonds is 6. The summed E-state index contributed by atoms with van der Waals surface area (Å²) in [5.41, 5.74) is 3.09. The first-order valence-electron chi connectivity index (χ1n) is 8.62. The normalized spacial score (nSPS) is 16.9. The van der Waals surface area contributed by atoms with Gasteiger partial charge in [-0.25, -0.2) is 0 Å². The Morgan fingerprint density at radius 3 is 2.27 bits per heavy atom. The van der Waals surface area contributed by atoms with E-state index in [-0.39, 0.29) is 30.7 Å². The van der Waals surface area contributed by atoms with Crippen LogP contribution in [0.4, 0.5) is 0 Å². The lowest BCUT2D eigenvalue weighted by molar-refractivity contribution is -0.140. The smallest absolute Gasteiger partial charge is 0.233 e. The fraction of sp³-hybridized carbons (Fsp3) is 0.333. The van der Waals surface area contributed by atoms with Crippen molar-refractivity contribution in [1.82, 2.24) is 4.90 Å². The number of benzene rings is 2. The molecule has 26 heavy (non-hydrogen) atoms. The van der Waals surface area contributed by atoms with Gasteiger partial charge in [-0.3, -0.25) is 14.5 Å². The Morgan fingerprint density at radius 2 is 1.62 bits per heavy atom. The van der Waals surface area contributed by atoms with E-state index >= 15 is 0 Å². The van der Waals surface area contributed by atoms with Crippen molar-refractivity contribution in [2.75, 3.05) is 14.2 Å². The summed E-state index contributed by atoms with van der Waals surface area (Å²) in [6, 6.07) is 13.5. The molecule has 0 spiro atoms. The molecule has 1 fully saturated rings. The van der Waals surface area contributed by atoms with Crippen molar-refractivity contribution in [2.24, 2.45) is 5.92 Å². The predicted molar refractivity (Wildman–Crippen MR) is 98.1 cm³/mol. The number of likely N-dealkylation sites (tertiary alicyclic amines) is 1. The third kappa shape index (κ3) is 3.72. The van der Waals surface area contributed by atoms with Crippen LogP contribution in [-0.2, 0) is 22.6 Å². The first-order chi connectivity index (χ1) is 12.5. The second kappa shape index (κ2) is 7.60. The molecule has 0 aromatic heterocycles. The van der Waals surface area contributed by atoms with Crippen LogP contribution in [0.15, 0.2) is 42.5 Å². The van der Waals surface area contributed by atoms with Crippen molar-refractivity contribution < 1.29 is 19.1 Å². The first kappa shape index (κ1) is 18.0. The molecule has 136 valence electrons. The molecule has 0 unspecified atom stereocenters. The maximum absolute atomic E-state index is 12.7. The Kier molecular flexibility index (Phi) is 5.26. The molecule has 1 heterocycles. The van der Waals surface area contributed by atoms with Gasteiger partial charge in [0, 0.05) is 6.42 Å². The molecule has 3 rings (SSSR count). The quantitative estimate of drug-likeness (QED) is 0.749. The van der Waals surface area contributed by atoms with Gasteiger partial charge in [0.1, 0.15) is 0 Å². The molecule has 0 N–H and O–H groups in total. The Bertz CT molecular complexity index is 813. The fourth-order valence-electron chi connectivity index (χ4n) is 3.25. The van der Waals surface area contributed by atoms with Gasteiger partial charge in [-0.05, 0) is 36.6 Å². The molecule has 2 aromatic carbocycles. The summed E-state index contributed by atoms with van der Waals surface area (Å²) >= 11 is 0. The highest BCUT2D eigenvalue weighted by Crippen LogP contribution is 2.30. The average molecular weight is 353 g/mol. The number of nitrogens with zero attached hydrogens (tertiary/aromatic N) is 1. The summed E-state index contributed by atoms with van der Waals surface area (Å²) in [5, 5.41) is 0. The maximum Gasteiger partial charge on any atom is 0.233 e. The lowest BCUT2D eigenvalue weighted by Gasteiger charge is -2.16. The Morgan fingerprint density at radius 1 is 0.962 bits per heavy atom. The topological polar surface area (TPSA) is 55.8 Å². The molecule has 0 bridgehead atoms. The molecule has 0 saturated carbocycles. The van der Waals surface area contributed by atoms with Gasteiger partial charge in [0.15, 0.2) is 11.5 Å². The van der Waals surface area contributed by atoms with Crippen LogP contribution < -0.4 is 9.47 Å². The van der Waals surface area contributed by atoms with Gasteiger partial charge in [-0.2, -0.15) is 0 Å². The molecule has 2 aromatic rings. The van der Waals surface area contributed by atoms with E-state index in [9.17, 15) is 9.59 Å². The monoisotopic (exact) mass is 353 g/mol. The molecule has 1 atom stereocenters. The summed E-state index contributed by atoms with van der Waals surface area (Å²) in [7, 11) is 3.13. The van der Waals surface area contributed by atoms with E-state index in [1.54, 1.807) is 26.4 Å². The van der Waals surface area contributed by atoms with E-state index in [1.165, 1.54) is 10.5 Å². The van der Waals surface area contributed by atoms with Gasteiger partial charge >= 0.3 is 0 Å². The predicted octanol–water partition coefficient (Wildman–Crippen LogP) is 3.13. The van der Waals surface area contributed by atoms with Crippen LogP contribution in [0.25, 0.3) is 0 Å². The van der Waals surface area contributed by atoms with Crippen molar-refractivity contribution in [3.63, 3.8) is 0 Å². The highest BCUT2D eigenvalue weighted by Gasteiger charge is 2.38. The highest BCUT2D eigenvalue weighted by molar-refractivity contribution is 6.03. The second-order valence-corrected chi connectivity index (χ2v) is 6.60. The van der Waals surface area contributed by atoms with Crippen molar-refractivity contribution in [3.8, 4) is 11.5 Å². The van der Waals surface area contributed by atoms with E-state index in [0.29, 0.717) is 17.9 Å². The standard InChI is InChI=1S/C21H23NO4/c1-14-4-6-15(7-5-14)10-17-12-20(23)22(21(17)24)13-16-8-9-18(25-2)19(11-16)26-3/h4-9,11,17H,10,12-13H2,1-3H3/t17-/m1/s1. The summed E-state index contributed by atoms with van der Waals surface area (Å²) in [6.07, 6.45) is 0.854. The Hall–Kier alpha value is -2.82. The number of methoxy groups -OCH3 is 2. The van der Waals surface area contributed by atoms with Crippen LogP contribution in [0.1, 0.15) is 23.1 Å². The van der Waals surface area contributed by atoms with Crippen molar-refractivity contribution in [2.45, 2.75) is 26.3 Å². The number of hydrogen-bond acceptors (Lipinski definition) is 4. The first-order valence-corrected chi connectivity index (χ1v) is 8.62. The summed E-state index contributed by atoms with van der Waals surface area (Å²) in [6.45, 7) is 2.28. The van der Waals surface area contributed by atoms with Crippen LogP contribution in [0.5, 0.6) is 11.5 Å². The minimum Gasteiger partial charge on any atom is -0.493 e. The number of ether oxygens (including phenoxy) is 2. The molecule has 1 aliphatic rings. The zero-order valence-corrected chi connectivity index (χ0v) is 15.3. The largest absolute Gasteiger partial charge is 0.493 e. The van der Waals surface area contributed by atoms with E-state index in [4.69, 9.17) is 9.47 Å². The van der Waals surface area contributed by atoms with Crippen LogP contribution >= 0.6 is 0 Å². The number of aryl methyl sites for hydroxylation is 1. The minimum atomic E-state index is -0.287. The second-order valence-electron chi connectivity index (χ2n) is 6.60. The molecular formula is C21H23NO4. The number of carbonyl (C=O) groups excluding carboxylic acids is 2. The van der Waals surface area contributed by atoms with Crippen molar-refractivity contribution >= 4 is 11.8 Å². The van der Waals surface area contributed by atoms with Crippen LogP contribution in [0.2, 0.25) is 0 Å². The van der Waals surface area contributed by atoms with Crippen molar-refractivity contribution in [3.05, 3.63) is 59.2 Å². The number of carbonyl (C=O) groups is 2. The van der Waals surface area contributed by atoms with Crippen LogP contribution in [-0.4, -0.2) is 30.9 Å². The summed E-state index contributed by atoms with van der Waals surface area (Å²) in [5.74, 6) is 0.686. The number of imide groups is 1. The van der Waals surface area contributed by atoms with E-state index in [2.05, 4.69) is 0 Å². The van der Waals surface area contributed by atoms with Gasteiger partial charge in [0.05, 0.1) is 26.7 Å². The third-order valence-corrected chi connectivity index (χ3v) is 4.73. The van der Waals surface area contributed by atoms with Gasteiger partial charge < -0.3 is 9.47 Å². The van der Waals surface area contributed by atoms with Gasteiger partial charge in [-0.1, -0.05) is 35.9 Å². The van der Waals surface area contributed by atoms with Crippen LogP contribution in [0.3, 0.4) is 0 Å². The Labute approximate surface area is 153 Å². The molecule has 0 radical (unpaired) electrons. The van der Waals surface area contributed by atoms with E-state index in [0.717, 1.165) is 11.1 Å². The molecule has 0 aliphatic carbocycles.